The van der Waals surface area contributed by atoms with Crippen molar-refractivity contribution in [3.63, 3.8) is 0 Å². The molecule has 0 unspecified atom stereocenters. The topological polar surface area (TPSA) is 93.8 Å². The van der Waals surface area contributed by atoms with Crippen molar-refractivity contribution in [3.8, 4) is 0 Å². The molecular formula is C18H24N6O2. The summed E-state index contributed by atoms with van der Waals surface area (Å²) in [6.07, 6.45) is 3.74. The first kappa shape index (κ1) is 17.0. The minimum atomic E-state index is -0.356. The maximum absolute atomic E-state index is 12.9. The number of hydrogen-bond donors (Lipinski definition) is 2. The lowest BCUT2D eigenvalue weighted by Gasteiger charge is -2.37. The van der Waals surface area contributed by atoms with Gasteiger partial charge in [0.05, 0.1) is 6.54 Å². The summed E-state index contributed by atoms with van der Waals surface area (Å²) in [6.45, 7) is 5.65. The Balaban J connectivity index is 1.53. The van der Waals surface area contributed by atoms with Gasteiger partial charge in [0.2, 0.25) is 0 Å². The summed E-state index contributed by atoms with van der Waals surface area (Å²) >= 11 is 0. The van der Waals surface area contributed by atoms with Crippen molar-refractivity contribution in [1.29, 1.82) is 0 Å². The van der Waals surface area contributed by atoms with Crippen molar-refractivity contribution in [2.45, 2.75) is 45.3 Å². The van der Waals surface area contributed by atoms with Crippen LogP contribution in [-0.2, 0) is 19.6 Å². The molecule has 2 aliphatic rings. The van der Waals surface area contributed by atoms with Gasteiger partial charge in [0.15, 0.2) is 5.82 Å². The Hall–Kier alpha value is -2.48. The van der Waals surface area contributed by atoms with E-state index in [1.807, 2.05) is 10.6 Å². The van der Waals surface area contributed by atoms with Crippen LogP contribution >= 0.6 is 0 Å². The Morgan fingerprint density at radius 2 is 2.27 bits per heavy atom. The third-order valence-electron chi connectivity index (χ3n) is 5.32. The molecule has 8 heteroatoms. The predicted octanol–water partition coefficient (Wildman–Crippen LogP) is 0.487. The Kier molecular flexibility index (Phi) is 4.58. The van der Waals surface area contributed by atoms with Crippen LogP contribution in [0, 0.1) is 5.92 Å². The second-order valence-electron chi connectivity index (χ2n) is 7.17. The van der Waals surface area contributed by atoms with Gasteiger partial charge in [-0.1, -0.05) is 6.92 Å². The third kappa shape index (κ3) is 3.05. The van der Waals surface area contributed by atoms with Crippen LogP contribution in [0.4, 0.5) is 0 Å². The van der Waals surface area contributed by atoms with E-state index in [9.17, 15) is 9.59 Å². The SMILES string of the molecule is CCCn1cnnc1CNC(=O)c1ccc2n(c1=O)C[C@@H]1CNC[C@H]2C1. The highest BCUT2D eigenvalue weighted by Gasteiger charge is 2.31. The molecule has 0 radical (unpaired) electrons. The number of pyridine rings is 1. The molecule has 4 rings (SSSR count). The number of rotatable bonds is 5. The molecule has 2 aromatic rings. The molecule has 2 N–H and O–H groups in total. The second kappa shape index (κ2) is 7.03. The summed E-state index contributed by atoms with van der Waals surface area (Å²) in [5.74, 6) is 1.16. The van der Waals surface area contributed by atoms with Gasteiger partial charge in [-0.25, -0.2) is 0 Å². The summed E-state index contributed by atoms with van der Waals surface area (Å²) in [4.78, 5) is 25.4. The van der Waals surface area contributed by atoms with Gasteiger partial charge >= 0.3 is 0 Å². The number of piperidine rings is 1. The van der Waals surface area contributed by atoms with Crippen molar-refractivity contribution in [2.75, 3.05) is 13.1 Å². The van der Waals surface area contributed by atoms with Crippen molar-refractivity contribution in [3.05, 3.63) is 45.9 Å². The molecule has 1 saturated heterocycles. The number of aromatic nitrogens is 4. The molecule has 8 nitrogen and oxygen atoms in total. The predicted molar refractivity (Wildman–Crippen MR) is 95.9 cm³/mol. The molecule has 2 atom stereocenters. The molecule has 0 aromatic carbocycles. The number of carbonyl (C=O) groups is 1. The lowest BCUT2D eigenvalue weighted by atomic mass is 9.84. The highest BCUT2D eigenvalue weighted by atomic mass is 16.2. The fraction of sp³-hybridized carbons (Fsp3) is 0.556. The Morgan fingerprint density at radius 1 is 1.38 bits per heavy atom. The molecule has 2 aliphatic heterocycles. The molecule has 1 amide bonds. The van der Waals surface area contributed by atoms with Crippen molar-refractivity contribution < 1.29 is 4.79 Å². The summed E-state index contributed by atoms with van der Waals surface area (Å²) in [5, 5.41) is 14.2. The largest absolute Gasteiger partial charge is 0.345 e. The number of nitrogens with zero attached hydrogens (tertiary/aromatic N) is 4. The van der Waals surface area contributed by atoms with E-state index in [2.05, 4.69) is 27.8 Å². The van der Waals surface area contributed by atoms with Gasteiger partial charge in [-0.05, 0) is 37.4 Å². The molecular weight excluding hydrogens is 332 g/mol. The highest BCUT2D eigenvalue weighted by Crippen LogP contribution is 2.31. The highest BCUT2D eigenvalue weighted by molar-refractivity contribution is 5.93. The van der Waals surface area contributed by atoms with E-state index in [0.717, 1.165) is 38.2 Å². The zero-order valence-electron chi connectivity index (χ0n) is 14.9. The first-order chi connectivity index (χ1) is 12.7. The zero-order valence-corrected chi connectivity index (χ0v) is 14.9. The Bertz CT molecular complexity index is 871. The van der Waals surface area contributed by atoms with E-state index >= 15 is 0 Å². The normalized spacial score (nSPS) is 21.3. The molecule has 2 bridgehead atoms. The van der Waals surface area contributed by atoms with Gasteiger partial charge < -0.3 is 19.8 Å². The van der Waals surface area contributed by atoms with Crippen molar-refractivity contribution in [1.82, 2.24) is 30.0 Å². The zero-order chi connectivity index (χ0) is 18.1. The van der Waals surface area contributed by atoms with E-state index in [1.165, 1.54) is 0 Å². The van der Waals surface area contributed by atoms with Gasteiger partial charge in [-0.15, -0.1) is 10.2 Å². The first-order valence-electron chi connectivity index (χ1n) is 9.26. The van der Waals surface area contributed by atoms with Crippen molar-refractivity contribution in [2.24, 2.45) is 5.92 Å². The van der Waals surface area contributed by atoms with Gasteiger partial charge in [0, 0.05) is 31.2 Å². The fourth-order valence-corrected chi connectivity index (χ4v) is 4.06. The quantitative estimate of drug-likeness (QED) is 0.813. The summed E-state index contributed by atoms with van der Waals surface area (Å²) in [6, 6.07) is 3.60. The Morgan fingerprint density at radius 3 is 3.12 bits per heavy atom. The van der Waals surface area contributed by atoms with E-state index in [0.29, 0.717) is 24.2 Å². The van der Waals surface area contributed by atoms with Gasteiger partial charge in [0.1, 0.15) is 11.9 Å². The maximum Gasteiger partial charge on any atom is 0.263 e. The average Bonchev–Trinajstić information content (AvgIpc) is 3.08. The number of aryl methyl sites for hydroxylation is 1. The van der Waals surface area contributed by atoms with Crippen LogP contribution in [-0.4, -0.2) is 38.3 Å². The van der Waals surface area contributed by atoms with Crippen LogP contribution in [0.3, 0.4) is 0 Å². The molecule has 4 heterocycles. The van der Waals surface area contributed by atoms with E-state index in [1.54, 1.807) is 17.0 Å². The minimum absolute atomic E-state index is 0.188. The van der Waals surface area contributed by atoms with Crippen LogP contribution in [0.2, 0.25) is 0 Å². The lowest BCUT2D eigenvalue weighted by molar-refractivity contribution is 0.0946. The summed E-state index contributed by atoms with van der Waals surface area (Å²) in [5.41, 5.74) is 1.05. The van der Waals surface area contributed by atoms with Crippen LogP contribution in [0.5, 0.6) is 0 Å². The average molecular weight is 356 g/mol. The van der Waals surface area contributed by atoms with Gasteiger partial charge in [-0.2, -0.15) is 0 Å². The Labute approximate surface area is 151 Å². The molecule has 0 aliphatic carbocycles. The number of carbonyl (C=O) groups excluding carboxylic acids is 1. The third-order valence-corrected chi connectivity index (χ3v) is 5.32. The van der Waals surface area contributed by atoms with E-state index < -0.39 is 0 Å². The molecule has 2 aromatic heterocycles. The minimum Gasteiger partial charge on any atom is -0.345 e. The van der Waals surface area contributed by atoms with Crippen LogP contribution < -0.4 is 16.2 Å². The standard InChI is InChI=1S/C18H24N6O2/c1-2-5-23-11-21-22-16(23)9-20-17(25)14-3-4-15-13-6-12(7-19-8-13)10-24(15)18(14)26/h3-4,11-13,19H,2,5-10H2,1H3,(H,20,25)/t12-,13+/m0/s1. The van der Waals surface area contributed by atoms with E-state index in [4.69, 9.17) is 0 Å². The maximum atomic E-state index is 12.9. The number of fused-ring (bicyclic) bond motifs is 4. The molecule has 138 valence electrons. The van der Waals surface area contributed by atoms with Gasteiger partial charge in [-0.3, -0.25) is 9.59 Å². The fourth-order valence-electron chi connectivity index (χ4n) is 4.06. The lowest BCUT2D eigenvalue weighted by Crippen LogP contribution is -2.46. The smallest absolute Gasteiger partial charge is 0.263 e. The molecule has 1 fully saturated rings. The van der Waals surface area contributed by atoms with E-state index in [-0.39, 0.29) is 23.6 Å². The van der Waals surface area contributed by atoms with Crippen LogP contribution in [0.1, 0.15) is 47.6 Å². The van der Waals surface area contributed by atoms with Crippen molar-refractivity contribution >= 4 is 5.91 Å². The first-order valence-corrected chi connectivity index (χ1v) is 9.26. The number of amides is 1. The monoisotopic (exact) mass is 356 g/mol. The summed E-state index contributed by atoms with van der Waals surface area (Å²) < 4.78 is 3.71. The van der Waals surface area contributed by atoms with Gasteiger partial charge in [0.25, 0.3) is 11.5 Å². The molecule has 0 spiro atoms. The summed E-state index contributed by atoms with van der Waals surface area (Å²) in [7, 11) is 0. The number of nitrogens with one attached hydrogen (secondary N) is 2. The van der Waals surface area contributed by atoms with Crippen LogP contribution in [0.25, 0.3) is 0 Å². The molecule has 26 heavy (non-hydrogen) atoms. The number of hydrogen-bond acceptors (Lipinski definition) is 5. The molecule has 0 saturated carbocycles. The van der Waals surface area contributed by atoms with Crippen LogP contribution in [0.15, 0.2) is 23.3 Å². The second-order valence-corrected chi connectivity index (χ2v) is 7.17.